The number of nitrogens with zero attached hydrogens (tertiary/aromatic N) is 2. The Morgan fingerprint density at radius 2 is 1.63 bits per heavy atom. The van der Waals surface area contributed by atoms with E-state index in [4.69, 9.17) is 0 Å². The van der Waals surface area contributed by atoms with E-state index in [1.807, 2.05) is 97.9 Å². The van der Waals surface area contributed by atoms with Gasteiger partial charge in [0.1, 0.15) is 5.60 Å². The number of anilines is 1. The van der Waals surface area contributed by atoms with E-state index in [0.717, 1.165) is 46.4 Å². The first-order chi connectivity index (χ1) is 17.0. The van der Waals surface area contributed by atoms with Crippen molar-refractivity contribution < 1.29 is 9.90 Å². The zero-order chi connectivity index (χ0) is 24.3. The van der Waals surface area contributed by atoms with Crippen LogP contribution in [-0.2, 0) is 5.60 Å². The summed E-state index contributed by atoms with van der Waals surface area (Å²) in [4.78, 5) is 19.6. The van der Waals surface area contributed by atoms with Crippen molar-refractivity contribution in [2.45, 2.75) is 25.0 Å². The Balaban J connectivity index is 1.26. The summed E-state index contributed by atoms with van der Waals surface area (Å²) in [6.45, 7) is 3.84. The van der Waals surface area contributed by atoms with E-state index in [1.54, 1.807) is 0 Å². The van der Waals surface area contributed by atoms with Gasteiger partial charge in [-0.05, 0) is 36.6 Å². The van der Waals surface area contributed by atoms with Crippen LogP contribution in [0.5, 0.6) is 0 Å². The minimum atomic E-state index is -1.13. The number of hydrogen-bond donors (Lipinski definition) is 3. The highest BCUT2D eigenvalue weighted by atomic mass is 16.3. The quantitative estimate of drug-likeness (QED) is 0.386. The Labute approximate surface area is 205 Å². The molecule has 1 aliphatic rings. The van der Waals surface area contributed by atoms with E-state index in [0.29, 0.717) is 13.1 Å². The SMILES string of the molecule is Cc1cc(NC(=O)NC2CCN(CC(O)(c3ccccc3)c3ccccc3)C2)c2ccccc2n1. The van der Waals surface area contributed by atoms with Gasteiger partial charge in [-0.3, -0.25) is 9.88 Å². The van der Waals surface area contributed by atoms with Gasteiger partial charge in [0.25, 0.3) is 0 Å². The maximum Gasteiger partial charge on any atom is 0.319 e. The van der Waals surface area contributed by atoms with Crippen molar-refractivity contribution in [3.05, 3.63) is 108 Å². The lowest BCUT2D eigenvalue weighted by molar-refractivity contribution is 0.0428. The maximum atomic E-state index is 12.8. The number of carbonyl (C=O) groups is 1. The lowest BCUT2D eigenvalue weighted by Gasteiger charge is -2.33. The predicted octanol–water partition coefficient (Wildman–Crippen LogP) is 4.68. The van der Waals surface area contributed by atoms with Crippen LogP contribution in [0.2, 0.25) is 0 Å². The van der Waals surface area contributed by atoms with Crippen molar-refractivity contribution in [3.8, 4) is 0 Å². The average molecular weight is 467 g/mol. The first kappa shape index (κ1) is 23.0. The fraction of sp³-hybridized carbons (Fsp3) is 0.241. The molecule has 0 radical (unpaired) electrons. The summed E-state index contributed by atoms with van der Waals surface area (Å²) in [7, 11) is 0. The van der Waals surface area contributed by atoms with Crippen LogP contribution in [0, 0.1) is 6.92 Å². The Morgan fingerprint density at radius 1 is 1.00 bits per heavy atom. The highest BCUT2D eigenvalue weighted by Gasteiger charge is 2.36. The third-order valence-corrected chi connectivity index (χ3v) is 6.66. The highest BCUT2D eigenvalue weighted by molar-refractivity contribution is 6.00. The number of carbonyl (C=O) groups excluding carboxylic acids is 1. The van der Waals surface area contributed by atoms with Crippen molar-refractivity contribution in [2.24, 2.45) is 0 Å². The molecule has 1 unspecified atom stereocenters. The molecule has 1 aliphatic heterocycles. The van der Waals surface area contributed by atoms with Gasteiger partial charge in [0.15, 0.2) is 0 Å². The van der Waals surface area contributed by atoms with Gasteiger partial charge >= 0.3 is 6.03 Å². The number of rotatable bonds is 6. The van der Waals surface area contributed by atoms with Gasteiger partial charge in [-0.2, -0.15) is 0 Å². The van der Waals surface area contributed by atoms with Crippen LogP contribution >= 0.6 is 0 Å². The number of nitrogens with one attached hydrogen (secondary N) is 2. The van der Waals surface area contributed by atoms with Crippen molar-refractivity contribution in [3.63, 3.8) is 0 Å². The molecule has 6 nitrogen and oxygen atoms in total. The third-order valence-electron chi connectivity index (χ3n) is 6.66. The van der Waals surface area contributed by atoms with Crippen LogP contribution in [0.1, 0.15) is 23.2 Å². The van der Waals surface area contributed by atoms with E-state index in [9.17, 15) is 9.90 Å². The predicted molar refractivity (Wildman–Crippen MR) is 139 cm³/mol. The average Bonchev–Trinajstić information content (AvgIpc) is 3.31. The number of hydrogen-bond acceptors (Lipinski definition) is 4. The van der Waals surface area contributed by atoms with E-state index >= 15 is 0 Å². The second kappa shape index (κ2) is 9.86. The Bertz CT molecular complexity index is 1270. The van der Waals surface area contributed by atoms with Crippen LogP contribution in [0.25, 0.3) is 10.9 Å². The van der Waals surface area contributed by atoms with Gasteiger partial charge in [0, 0.05) is 36.8 Å². The molecule has 0 bridgehead atoms. The number of aryl methyl sites for hydroxylation is 1. The summed E-state index contributed by atoms with van der Waals surface area (Å²) in [6, 6.07) is 29.0. The molecule has 1 atom stereocenters. The van der Waals surface area contributed by atoms with Crippen LogP contribution in [0.3, 0.4) is 0 Å². The number of aliphatic hydroxyl groups is 1. The van der Waals surface area contributed by atoms with E-state index in [1.165, 1.54) is 0 Å². The van der Waals surface area contributed by atoms with Gasteiger partial charge in [0.05, 0.1) is 11.2 Å². The van der Waals surface area contributed by atoms with Gasteiger partial charge in [0.2, 0.25) is 0 Å². The van der Waals surface area contributed by atoms with Gasteiger partial charge in [-0.15, -0.1) is 0 Å². The number of aromatic nitrogens is 1. The van der Waals surface area contributed by atoms with Crippen molar-refractivity contribution in [2.75, 3.05) is 25.0 Å². The molecule has 3 aromatic carbocycles. The molecule has 0 saturated carbocycles. The van der Waals surface area contributed by atoms with Crippen LogP contribution in [0.15, 0.2) is 91.0 Å². The molecule has 6 heteroatoms. The maximum absolute atomic E-state index is 12.8. The lowest BCUT2D eigenvalue weighted by Crippen LogP contribution is -2.44. The topological polar surface area (TPSA) is 77.5 Å². The Hall–Kier alpha value is -3.74. The largest absolute Gasteiger partial charge is 0.379 e. The van der Waals surface area contributed by atoms with Crippen molar-refractivity contribution in [1.29, 1.82) is 0 Å². The molecule has 5 rings (SSSR count). The van der Waals surface area contributed by atoms with Gasteiger partial charge in [-0.1, -0.05) is 78.9 Å². The summed E-state index contributed by atoms with van der Waals surface area (Å²) in [5, 5.41) is 18.9. The molecule has 2 heterocycles. The molecule has 0 aliphatic carbocycles. The summed E-state index contributed by atoms with van der Waals surface area (Å²) in [5.41, 5.74) is 3.05. The number of para-hydroxylation sites is 1. The fourth-order valence-electron chi connectivity index (χ4n) is 4.95. The zero-order valence-corrected chi connectivity index (χ0v) is 19.8. The Kier molecular flexibility index (Phi) is 6.49. The fourth-order valence-corrected chi connectivity index (χ4v) is 4.95. The first-order valence-electron chi connectivity index (χ1n) is 12.0. The van der Waals surface area contributed by atoms with Crippen LogP contribution in [0.4, 0.5) is 10.5 Å². The molecule has 2 amide bonds. The second-order valence-corrected chi connectivity index (χ2v) is 9.24. The van der Waals surface area contributed by atoms with Gasteiger partial charge < -0.3 is 15.7 Å². The summed E-state index contributed by atoms with van der Waals surface area (Å²) in [5.74, 6) is 0. The monoisotopic (exact) mass is 466 g/mol. The zero-order valence-electron chi connectivity index (χ0n) is 19.8. The molecular weight excluding hydrogens is 436 g/mol. The second-order valence-electron chi connectivity index (χ2n) is 9.24. The molecule has 35 heavy (non-hydrogen) atoms. The number of amides is 2. The molecule has 178 valence electrons. The molecule has 3 N–H and O–H groups in total. The molecule has 0 spiro atoms. The molecule has 1 aromatic heterocycles. The number of fused-ring (bicyclic) bond motifs is 1. The third kappa shape index (κ3) is 5.04. The summed E-state index contributed by atoms with van der Waals surface area (Å²) >= 11 is 0. The standard InChI is InChI=1S/C29H30N4O2/c1-21-18-27(25-14-8-9-15-26(25)30-21)32-28(34)31-24-16-17-33(19-24)20-29(35,22-10-4-2-5-11-22)23-12-6-3-7-13-23/h2-15,18,24,35H,16-17,19-20H2,1H3,(H2,30,31,32,34). The normalized spacial score (nSPS) is 16.3. The molecule has 1 fully saturated rings. The lowest BCUT2D eigenvalue weighted by atomic mass is 9.86. The first-order valence-corrected chi connectivity index (χ1v) is 12.0. The smallest absolute Gasteiger partial charge is 0.319 e. The Morgan fingerprint density at radius 3 is 2.31 bits per heavy atom. The molecule has 1 saturated heterocycles. The minimum absolute atomic E-state index is 0.00000457. The van der Waals surface area contributed by atoms with E-state index in [-0.39, 0.29) is 12.1 Å². The van der Waals surface area contributed by atoms with Crippen LogP contribution < -0.4 is 10.6 Å². The van der Waals surface area contributed by atoms with Crippen molar-refractivity contribution >= 4 is 22.6 Å². The number of urea groups is 1. The number of benzene rings is 3. The van der Waals surface area contributed by atoms with E-state index < -0.39 is 5.60 Å². The van der Waals surface area contributed by atoms with E-state index in [2.05, 4.69) is 20.5 Å². The number of likely N-dealkylation sites (tertiary alicyclic amines) is 1. The van der Waals surface area contributed by atoms with Crippen LogP contribution in [-0.4, -0.2) is 46.7 Å². The molecular formula is C29H30N4O2. The van der Waals surface area contributed by atoms with Crippen molar-refractivity contribution in [1.82, 2.24) is 15.2 Å². The van der Waals surface area contributed by atoms with Gasteiger partial charge in [-0.25, -0.2) is 4.79 Å². The highest BCUT2D eigenvalue weighted by Crippen LogP contribution is 2.31. The number of β-amino-alcohol motifs (C(OH)–C–C–N with tert-alkyl or cyclic N) is 1. The minimum Gasteiger partial charge on any atom is -0.379 e. The number of pyridine rings is 1. The summed E-state index contributed by atoms with van der Waals surface area (Å²) < 4.78 is 0. The summed E-state index contributed by atoms with van der Waals surface area (Å²) in [6.07, 6.45) is 0.823. The molecule has 4 aromatic rings.